The maximum absolute atomic E-state index is 9.38. The summed E-state index contributed by atoms with van der Waals surface area (Å²) < 4.78 is 0. The van der Waals surface area contributed by atoms with Crippen molar-refractivity contribution in [2.45, 2.75) is 18.8 Å². The van der Waals surface area contributed by atoms with Crippen LogP contribution in [0.2, 0.25) is 0 Å². The van der Waals surface area contributed by atoms with E-state index in [1.54, 1.807) is 0 Å². The van der Waals surface area contributed by atoms with E-state index in [0.717, 1.165) is 6.54 Å². The molecular weight excluding hydrogens is 178 g/mol. The number of rotatable bonds is 2. The van der Waals surface area contributed by atoms with Crippen molar-refractivity contribution in [3.63, 3.8) is 0 Å². The minimum absolute atomic E-state index is 0.547. The molecule has 0 radical (unpaired) electrons. The average Bonchev–Trinajstić information content (AvgIpc) is 2.47. The lowest BCUT2D eigenvalue weighted by atomic mass is 10.2. The Bertz CT molecular complexity index is 279. The molecule has 0 aromatic heterocycles. The molecule has 0 bridgehead atoms. The van der Waals surface area contributed by atoms with Crippen LogP contribution in [0, 0.1) is 0 Å². The van der Waals surface area contributed by atoms with E-state index in [9.17, 15) is 10.2 Å². The lowest BCUT2D eigenvalue weighted by molar-refractivity contribution is -0.904. The zero-order valence-corrected chi connectivity index (χ0v) is 8.06. The van der Waals surface area contributed by atoms with Gasteiger partial charge >= 0.3 is 0 Å². The third kappa shape index (κ3) is 2.12. The maximum Gasteiger partial charge on any atom is 0.134 e. The highest BCUT2D eigenvalue weighted by Gasteiger charge is 2.33. The van der Waals surface area contributed by atoms with Crippen LogP contribution in [-0.4, -0.2) is 35.5 Å². The molecule has 3 nitrogen and oxygen atoms in total. The standard InChI is InChI=1S/C11H15NO2/c13-10-7-12(8-11(10)14)6-9-4-2-1-3-5-9/h1-5,10-11,13-14H,6-8H2/p+1/t10-,11-/m1/s1. The summed E-state index contributed by atoms with van der Waals surface area (Å²) in [5.74, 6) is 0. The largest absolute Gasteiger partial charge is 0.384 e. The molecule has 2 atom stereocenters. The summed E-state index contributed by atoms with van der Waals surface area (Å²) in [6.07, 6.45) is -1.09. The Morgan fingerprint density at radius 1 is 1.07 bits per heavy atom. The SMILES string of the molecule is O[C@@H]1C[NH+](Cc2ccccc2)C[C@H]1O. The van der Waals surface area contributed by atoms with Gasteiger partial charge in [-0.15, -0.1) is 0 Å². The van der Waals surface area contributed by atoms with Crippen molar-refractivity contribution in [1.29, 1.82) is 0 Å². The van der Waals surface area contributed by atoms with Gasteiger partial charge in [0.25, 0.3) is 0 Å². The van der Waals surface area contributed by atoms with Crippen molar-refractivity contribution in [2.75, 3.05) is 13.1 Å². The van der Waals surface area contributed by atoms with Gasteiger partial charge < -0.3 is 15.1 Å². The minimum atomic E-state index is -0.547. The molecule has 1 aliphatic heterocycles. The van der Waals surface area contributed by atoms with E-state index in [0.29, 0.717) is 13.1 Å². The van der Waals surface area contributed by atoms with Crippen molar-refractivity contribution >= 4 is 0 Å². The Morgan fingerprint density at radius 2 is 1.64 bits per heavy atom. The fraction of sp³-hybridized carbons (Fsp3) is 0.455. The molecular formula is C11H16NO2+. The van der Waals surface area contributed by atoms with E-state index < -0.39 is 12.2 Å². The van der Waals surface area contributed by atoms with Gasteiger partial charge in [0.15, 0.2) is 0 Å². The first kappa shape index (κ1) is 9.65. The van der Waals surface area contributed by atoms with Gasteiger partial charge in [-0.25, -0.2) is 0 Å². The molecule has 0 unspecified atom stereocenters. The fourth-order valence-corrected chi connectivity index (χ4v) is 1.98. The van der Waals surface area contributed by atoms with Gasteiger partial charge in [-0.1, -0.05) is 30.3 Å². The second-order valence-electron chi connectivity index (χ2n) is 3.96. The van der Waals surface area contributed by atoms with Gasteiger partial charge in [0.1, 0.15) is 31.8 Å². The molecule has 0 spiro atoms. The first-order valence-electron chi connectivity index (χ1n) is 4.99. The van der Waals surface area contributed by atoms with Crippen LogP contribution in [0.15, 0.2) is 30.3 Å². The van der Waals surface area contributed by atoms with Crippen LogP contribution in [-0.2, 0) is 6.54 Å². The number of hydrogen-bond acceptors (Lipinski definition) is 2. The van der Waals surface area contributed by atoms with Crippen LogP contribution in [0.25, 0.3) is 0 Å². The third-order valence-electron chi connectivity index (χ3n) is 2.74. The summed E-state index contributed by atoms with van der Waals surface area (Å²) in [6, 6.07) is 10.2. The van der Waals surface area contributed by atoms with Gasteiger partial charge in [0.05, 0.1) is 0 Å². The average molecular weight is 194 g/mol. The lowest BCUT2D eigenvalue weighted by Gasteiger charge is -2.11. The third-order valence-corrected chi connectivity index (χ3v) is 2.74. The predicted molar refractivity (Wildman–Crippen MR) is 52.9 cm³/mol. The van der Waals surface area contributed by atoms with E-state index in [2.05, 4.69) is 12.1 Å². The van der Waals surface area contributed by atoms with Crippen molar-refractivity contribution in [3.05, 3.63) is 35.9 Å². The van der Waals surface area contributed by atoms with Crippen molar-refractivity contribution < 1.29 is 15.1 Å². The minimum Gasteiger partial charge on any atom is -0.384 e. The van der Waals surface area contributed by atoms with Crippen molar-refractivity contribution in [2.24, 2.45) is 0 Å². The number of nitrogens with one attached hydrogen (secondary N) is 1. The molecule has 1 heterocycles. The summed E-state index contributed by atoms with van der Waals surface area (Å²) in [6.45, 7) is 2.18. The molecule has 3 N–H and O–H groups in total. The van der Waals surface area contributed by atoms with Gasteiger partial charge in [0, 0.05) is 5.56 Å². The Hall–Kier alpha value is -0.900. The first-order valence-corrected chi connectivity index (χ1v) is 4.99. The molecule has 1 aliphatic rings. The summed E-state index contributed by atoms with van der Waals surface area (Å²) in [5.41, 5.74) is 1.25. The summed E-state index contributed by atoms with van der Waals surface area (Å²) in [7, 11) is 0. The van der Waals surface area contributed by atoms with E-state index >= 15 is 0 Å². The highest BCUT2D eigenvalue weighted by molar-refractivity contribution is 5.13. The molecule has 76 valence electrons. The van der Waals surface area contributed by atoms with E-state index in [4.69, 9.17) is 0 Å². The molecule has 1 fully saturated rings. The number of aliphatic hydroxyl groups is 2. The second-order valence-corrected chi connectivity index (χ2v) is 3.96. The van der Waals surface area contributed by atoms with Crippen LogP contribution in [0.1, 0.15) is 5.56 Å². The molecule has 14 heavy (non-hydrogen) atoms. The zero-order chi connectivity index (χ0) is 9.97. The van der Waals surface area contributed by atoms with E-state index in [1.165, 1.54) is 10.5 Å². The van der Waals surface area contributed by atoms with Gasteiger partial charge in [-0.05, 0) is 0 Å². The van der Waals surface area contributed by atoms with Crippen molar-refractivity contribution in [3.8, 4) is 0 Å². The van der Waals surface area contributed by atoms with Gasteiger partial charge in [-0.2, -0.15) is 0 Å². The van der Waals surface area contributed by atoms with Crippen LogP contribution in [0.4, 0.5) is 0 Å². The smallest absolute Gasteiger partial charge is 0.134 e. The number of hydrogen-bond donors (Lipinski definition) is 3. The normalized spacial score (nSPS) is 28.1. The van der Waals surface area contributed by atoms with E-state index in [-0.39, 0.29) is 0 Å². The van der Waals surface area contributed by atoms with Crippen LogP contribution < -0.4 is 4.90 Å². The van der Waals surface area contributed by atoms with Crippen molar-refractivity contribution in [1.82, 2.24) is 0 Å². The van der Waals surface area contributed by atoms with Crippen LogP contribution in [0.3, 0.4) is 0 Å². The van der Waals surface area contributed by atoms with Crippen LogP contribution >= 0.6 is 0 Å². The maximum atomic E-state index is 9.38. The molecule has 2 rings (SSSR count). The molecule has 0 aliphatic carbocycles. The molecule has 1 aromatic carbocycles. The number of benzene rings is 1. The summed E-state index contributed by atoms with van der Waals surface area (Å²) in [4.78, 5) is 1.25. The monoisotopic (exact) mass is 194 g/mol. The molecule has 1 aromatic rings. The summed E-state index contributed by atoms with van der Waals surface area (Å²) >= 11 is 0. The topological polar surface area (TPSA) is 44.9 Å². The molecule has 0 saturated carbocycles. The lowest BCUT2D eigenvalue weighted by Crippen LogP contribution is -3.09. The first-order chi connectivity index (χ1) is 6.75. The number of aliphatic hydroxyl groups excluding tert-OH is 2. The number of quaternary nitrogens is 1. The molecule has 3 heteroatoms. The fourth-order valence-electron chi connectivity index (χ4n) is 1.98. The summed E-state index contributed by atoms with van der Waals surface area (Å²) in [5, 5.41) is 18.8. The zero-order valence-electron chi connectivity index (χ0n) is 8.06. The van der Waals surface area contributed by atoms with Gasteiger partial charge in [0.2, 0.25) is 0 Å². The van der Waals surface area contributed by atoms with Crippen LogP contribution in [0.5, 0.6) is 0 Å². The Morgan fingerprint density at radius 3 is 2.21 bits per heavy atom. The molecule has 1 saturated heterocycles. The number of likely N-dealkylation sites (tertiary alicyclic amines) is 1. The Labute approximate surface area is 83.6 Å². The van der Waals surface area contributed by atoms with Gasteiger partial charge in [-0.3, -0.25) is 0 Å². The highest BCUT2D eigenvalue weighted by atomic mass is 16.3. The Balaban J connectivity index is 1.94. The molecule has 0 amide bonds. The Kier molecular flexibility index (Phi) is 2.82. The highest BCUT2D eigenvalue weighted by Crippen LogP contribution is 1.99. The van der Waals surface area contributed by atoms with E-state index in [1.807, 2.05) is 18.2 Å². The quantitative estimate of drug-likeness (QED) is 0.554. The predicted octanol–water partition coefficient (Wildman–Crippen LogP) is -1.19. The second kappa shape index (κ2) is 4.09.